The molecule has 0 aromatic rings. The predicted octanol–water partition coefficient (Wildman–Crippen LogP) is 0.738. The Labute approximate surface area is 509 Å². The number of carbonyl (C=O) groups is 5. The molecule has 0 bridgehead atoms. The van der Waals surface area contributed by atoms with Crippen LogP contribution in [0.2, 0.25) is 0 Å². The molecule has 0 unspecified atom stereocenters. The molecule has 8 atom stereocenters. The number of carbonyl (C=O) groups excluding carboxylic acids is 5. The van der Waals surface area contributed by atoms with Gasteiger partial charge in [-0.1, -0.05) is 141 Å². The topological polar surface area (TPSA) is 415 Å². The Bertz CT molecular complexity index is 1560. The zero-order valence-corrected chi connectivity index (χ0v) is 52.0. The van der Waals surface area contributed by atoms with Crippen LogP contribution in [0.15, 0.2) is 0 Å². The van der Waals surface area contributed by atoms with E-state index in [-0.39, 0.29) is 50.8 Å². The number of rotatable bonds is 62. The van der Waals surface area contributed by atoms with Crippen LogP contribution in [0.4, 0.5) is 0 Å². The fourth-order valence-corrected chi connectivity index (χ4v) is 9.92. The van der Waals surface area contributed by atoms with Gasteiger partial charge < -0.3 is 99.3 Å². The fraction of sp³-hybridized carbons (Fsp3) is 0.918. The lowest BCUT2D eigenvalue weighted by molar-refractivity contribution is -0.149. The molecule has 502 valence electrons. The lowest BCUT2D eigenvalue weighted by Crippen LogP contribution is -2.53. The maximum atomic E-state index is 13.2. The molecule has 5 amide bonds. The van der Waals surface area contributed by atoms with Gasteiger partial charge >= 0.3 is 0 Å². The summed E-state index contributed by atoms with van der Waals surface area (Å²) in [7, 11) is 0. The summed E-state index contributed by atoms with van der Waals surface area (Å²) in [4.78, 5) is 64.2. The van der Waals surface area contributed by atoms with E-state index in [0.717, 1.165) is 128 Å². The normalized spacial score (nSPS) is 14.5. The van der Waals surface area contributed by atoms with Crippen molar-refractivity contribution in [2.24, 2.45) is 17.4 Å². The first kappa shape index (κ1) is 81.8. The van der Waals surface area contributed by atoms with Crippen LogP contribution in [0.5, 0.6) is 0 Å². The third-order valence-electron chi connectivity index (χ3n) is 15.6. The Morgan fingerprint density at radius 2 is 0.682 bits per heavy atom. The van der Waals surface area contributed by atoms with E-state index in [1.54, 1.807) is 0 Å². The number of aliphatic hydroxyl groups excluding tert-OH is 10. The van der Waals surface area contributed by atoms with Gasteiger partial charge in [0, 0.05) is 58.5 Å². The van der Waals surface area contributed by atoms with Crippen molar-refractivity contribution in [1.82, 2.24) is 36.8 Å². The lowest BCUT2D eigenvalue weighted by atomic mass is 10.00. The average molecular weight is 1220 g/mol. The molecule has 0 spiro atoms. The van der Waals surface area contributed by atoms with Gasteiger partial charge in [0.25, 0.3) is 11.8 Å². The Morgan fingerprint density at radius 3 is 1.05 bits per heavy atom. The number of amides is 5. The molecule has 0 saturated carbocycles. The summed E-state index contributed by atoms with van der Waals surface area (Å²) in [6.45, 7) is 3.93. The first-order valence-electron chi connectivity index (χ1n) is 32.9. The second kappa shape index (κ2) is 57.2. The van der Waals surface area contributed by atoms with Gasteiger partial charge in [-0.05, 0) is 96.6 Å². The van der Waals surface area contributed by atoms with Gasteiger partial charge in [0.1, 0.15) is 36.6 Å². The molecule has 24 nitrogen and oxygen atoms in total. The smallest absolute Gasteiger partial charge is 0.251 e. The van der Waals surface area contributed by atoms with Gasteiger partial charge in [-0.25, -0.2) is 0 Å². The predicted molar refractivity (Wildman–Crippen MR) is 331 cm³/mol. The molecule has 0 fully saturated rings. The van der Waals surface area contributed by atoms with Gasteiger partial charge in [0.05, 0.1) is 13.2 Å². The zero-order chi connectivity index (χ0) is 63.1. The summed E-state index contributed by atoms with van der Waals surface area (Å²) in [5.41, 5.74) is 11.3. The lowest BCUT2D eigenvalue weighted by Gasteiger charge is -2.27. The first-order chi connectivity index (χ1) is 41.0. The minimum absolute atomic E-state index is 0.165. The van der Waals surface area contributed by atoms with Crippen LogP contribution in [-0.4, -0.2) is 226 Å². The molecular formula is C61H123N9O15. The van der Waals surface area contributed by atoms with Crippen LogP contribution in [0.25, 0.3) is 0 Å². The molecule has 0 aliphatic heterocycles. The van der Waals surface area contributed by atoms with E-state index in [1.807, 2.05) is 0 Å². The molecule has 24 heteroatoms. The van der Waals surface area contributed by atoms with Crippen LogP contribution < -0.4 is 43.4 Å². The van der Waals surface area contributed by atoms with Crippen molar-refractivity contribution < 1.29 is 75.0 Å². The molecular weight excluding hydrogens is 1100 g/mol. The molecule has 0 saturated heterocycles. The maximum absolute atomic E-state index is 13.2. The summed E-state index contributed by atoms with van der Waals surface area (Å²) in [6, 6.07) is 0. The fourth-order valence-electron chi connectivity index (χ4n) is 9.92. The van der Waals surface area contributed by atoms with E-state index >= 15 is 0 Å². The molecule has 0 aromatic heterocycles. The average Bonchev–Trinajstić information content (AvgIpc) is 3.61. The van der Waals surface area contributed by atoms with Gasteiger partial charge in [-0.3, -0.25) is 24.0 Å². The Kier molecular flexibility index (Phi) is 55.1. The quantitative estimate of drug-likeness (QED) is 0.0373. The number of hydrogen-bond donors (Lipinski definition) is 18. The van der Waals surface area contributed by atoms with Crippen molar-refractivity contribution in [3.63, 3.8) is 0 Å². The van der Waals surface area contributed by atoms with Crippen LogP contribution in [-0.2, 0) is 24.0 Å². The second-order valence-electron chi connectivity index (χ2n) is 23.2. The molecule has 0 aliphatic rings. The van der Waals surface area contributed by atoms with Gasteiger partial charge in [-0.2, -0.15) is 0 Å². The van der Waals surface area contributed by atoms with E-state index in [1.165, 1.54) is 116 Å². The van der Waals surface area contributed by atoms with Gasteiger partial charge in [0.2, 0.25) is 17.7 Å². The van der Waals surface area contributed by atoms with Crippen molar-refractivity contribution in [1.29, 1.82) is 0 Å². The van der Waals surface area contributed by atoms with Crippen molar-refractivity contribution in [3.8, 4) is 0 Å². The molecule has 0 rings (SSSR count). The van der Waals surface area contributed by atoms with Crippen molar-refractivity contribution in [2.75, 3.05) is 91.8 Å². The molecule has 0 aromatic carbocycles. The zero-order valence-electron chi connectivity index (χ0n) is 52.0. The number of nitrogens with zero attached hydrogens (tertiary/aromatic N) is 1. The Hall–Kier alpha value is -3.21. The minimum Gasteiger partial charge on any atom is -0.394 e. The second-order valence-corrected chi connectivity index (χ2v) is 23.2. The number of unbranched alkanes of at least 4 members (excludes halogenated alkanes) is 25. The molecule has 0 heterocycles. The Morgan fingerprint density at radius 1 is 0.353 bits per heavy atom. The summed E-state index contributed by atoms with van der Waals surface area (Å²) in [5, 5.41) is 115. The Balaban J connectivity index is 4.05. The van der Waals surface area contributed by atoms with E-state index in [0.29, 0.717) is 18.9 Å². The summed E-state index contributed by atoms with van der Waals surface area (Å²) in [5.74, 6) is -2.43. The highest BCUT2D eigenvalue weighted by molar-refractivity contribution is 5.84. The van der Waals surface area contributed by atoms with E-state index < -0.39 is 79.8 Å². The highest BCUT2D eigenvalue weighted by Gasteiger charge is 2.35. The summed E-state index contributed by atoms with van der Waals surface area (Å²) in [6.07, 6.45) is 19.3. The molecule has 85 heavy (non-hydrogen) atoms. The summed E-state index contributed by atoms with van der Waals surface area (Å²) >= 11 is 0. The monoisotopic (exact) mass is 1220 g/mol. The van der Waals surface area contributed by atoms with Gasteiger partial charge in [0.15, 0.2) is 12.2 Å². The molecule has 20 N–H and O–H groups in total. The standard InChI is InChI=1S/C61H123N9O15/c62-34-24-28-36-64-44-48(45-65-37-29-25-35-63)30-22-19-21-27-38-66-51(75)31-23-18-16-14-12-10-8-6-4-2-1-3-5-7-9-11-13-15-17-20-26-39-67-52(76)32-33-53(77)70(42-40-68-60(84)58(82)56(80)54(78)49(73)46-71)43-41-69-61(85)59(83)57(81)55(79)50(74)47-72/h48-50,54-59,64-65,71-74,78-83H,1-47,62-63H2,(H,66,75)(H,67,76)(H,68,84)(H,69,85)/t49-,50+,54-,55+,56+,57-,58-,59+. The largest absolute Gasteiger partial charge is 0.394 e. The minimum atomic E-state index is -2.22. The third-order valence-corrected chi connectivity index (χ3v) is 15.6. The summed E-state index contributed by atoms with van der Waals surface area (Å²) < 4.78 is 0. The highest BCUT2D eigenvalue weighted by Crippen LogP contribution is 2.17. The number of nitrogens with one attached hydrogen (secondary N) is 6. The van der Waals surface area contributed by atoms with E-state index in [9.17, 15) is 64.8 Å². The SMILES string of the molecule is NCCCCNCC(CCCCCCNC(=O)CCCCCCCCCCCCCCCCCCCCCCCNC(=O)CCC(=O)N(CCNC(=O)[C@@H](O)[C@H](O)[C@@H](O)[C@@H](O)CO)CCNC(=O)[C@H](O)[C@@H](O)[C@H](O)[C@H](O)CO)CNCCCCN. The highest BCUT2D eigenvalue weighted by atomic mass is 16.4. The number of aliphatic hydroxyl groups is 10. The van der Waals surface area contributed by atoms with Crippen molar-refractivity contribution in [2.45, 2.75) is 261 Å². The van der Waals surface area contributed by atoms with Crippen LogP contribution >= 0.6 is 0 Å². The van der Waals surface area contributed by atoms with E-state index in [4.69, 9.17) is 21.7 Å². The van der Waals surface area contributed by atoms with Crippen molar-refractivity contribution in [3.05, 3.63) is 0 Å². The van der Waals surface area contributed by atoms with Crippen LogP contribution in [0, 0.1) is 5.92 Å². The van der Waals surface area contributed by atoms with Crippen molar-refractivity contribution >= 4 is 29.5 Å². The first-order valence-corrected chi connectivity index (χ1v) is 32.9. The number of hydrogen-bond acceptors (Lipinski definition) is 19. The molecule has 0 aliphatic carbocycles. The molecule has 0 radical (unpaired) electrons. The van der Waals surface area contributed by atoms with E-state index in [2.05, 4.69) is 31.9 Å². The third kappa shape index (κ3) is 45.7. The maximum Gasteiger partial charge on any atom is 0.251 e. The van der Waals surface area contributed by atoms with Gasteiger partial charge in [-0.15, -0.1) is 0 Å². The van der Waals surface area contributed by atoms with Crippen LogP contribution in [0.3, 0.4) is 0 Å². The number of nitrogens with two attached hydrogens (primary N) is 2. The van der Waals surface area contributed by atoms with Crippen LogP contribution in [0.1, 0.15) is 212 Å².